The molecule has 0 fully saturated rings. The number of carbonyl (C=O) groups is 2. The van der Waals surface area contributed by atoms with E-state index in [0.717, 1.165) is 64.4 Å². The van der Waals surface area contributed by atoms with Crippen LogP contribution in [0.25, 0.3) is 0 Å². The van der Waals surface area contributed by atoms with Gasteiger partial charge in [0.2, 0.25) is 0 Å². The van der Waals surface area contributed by atoms with E-state index in [4.69, 9.17) is 9.47 Å². The minimum absolute atomic E-state index is 0.391. The van der Waals surface area contributed by atoms with E-state index in [-0.39, 0.29) is 0 Å². The minimum Gasteiger partial charge on any atom is -0.423 e. The van der Waals surface area contributed by atoms with Gasteiger partial charge in [0.25, 0.3) is 0 Å². The van der Waals surface area contributed by atoms with Gasteiger partial charge in [-0.25, -0.2) is 9.59 Å². The second-order valence-electron chi connectivity index (χ2n) is 16.4. The maximum atomic E-state index is 12.4. The molecule has 0 amide bonds. The molecule has 10 rings (SSSR count). The second-order valence-corrected chi connectivity index (χ2v) is 18.6. The van der Waals surface area contributed by atoms with Crippen LogP contribution in [0, 0.1) is 27.3 Å². The van der Waals surface area contributed by atoms with Gasteiger partial charge in [0, 0.05) is 64.4 Å². The fraction of sp³-hybridized carbons (Fsp3) is 0. The Balaban J connectivity index is 0.000000182. The van der Waals surface area contributed by atoms with Gasteiger partial charge in [-0.1, -0.05) is 112 Å². The number of hydrogen-bond acceptors (Lipinski definition) is 6. The van der Waals surface area contributed by atoms with Crippen molar-refractivity contribution < 1.29 is 19.1 Å². The number of ether oxygens (including phenoxy) is 2. The van der Waals surface area contributed by atoms with Crippen molar-refractivity contribution in [3.8, 4) is 35.2 Å². The smallest absolute Gasteiger partial charge is 0.343 e. The van der Waals surface area contributed by atoms with Gasteiger partial charge in [0.05, 0.1) is 11.1 Å². The number of carbonyl (C=O) groups excluding carboxylic acids is 2. The van der Waals surface area contributed by atoms with Crippen molar-refractivity contribution in [2.75, 3.05) is 9.80 Å². The number of benzene rings is 10. The lowest BCUT2D eigenvalue weighted by molar-refractivity contribution is 0.0725. The molecule has 0 aliphatic rings. The highest BCUT2D eigenvalue weighted by atomic mass is 127. The quantitative estimate of drug-likeness (QED) is 0.0589. The first-order valence-corrected chi connectivity index (χ1v) is 25.4. The highest BCUT2D eigenvalue weighted by Crippen LogP contribution is 2.35. The molecular formula is C66H44BrIN2O4. The van der Waals surface area contributed by atoms with Crippen LogP contribution in [0.4, 0.5) is 34.1 Å². The number of para-hydroxylation sites is 4. The molecule has 10 aromatic rings. The molecule has 0 radical (unpaired) electrons. The highest BCUT2D eigenvalue weighted by Gasteiger charge is 2.14. The van der Waals surface area contributed by atoms with Crippen LogP contribution in [0.1, 0.15) is 43.0 Å². The molecule has 0 spiro atoms. The van der Waals surface area contributed by atoms with Gasteiger partial charge in [-0.3, -0.25) is 0 Å². The summed E-state index contributed by atoms with van der Waals surface area (Å²) in [5.41, 5.74) is 10.9. The molecule has 0 aromatic heterocycles. The predicted molar refractivity (Wildman–Crippen MR) is 310 cm³/mol. The van der Waals surface area contributed by atoms with E-state index in [2.05, 4.69) is 145 Å². The minimum atomic E-state index is -0.404. The lowest BCUT2D eigenvalue weighted by atomic mass is 10.1. The third-order valence-corrected chi connectivity index (χ3v) is 12.5. The Morgan fingerprint density at radius 3 is 0.878 bits per heavy atom. The Bertz CT molecular complexity index is 3240. The van der Waals surface area contributed by atoms with Crippen molar-refractivity contribution in [2.45, 2.75) is 0 Å². The van der Waals surface area contributed by atoms with Crippen LogP contribution in [0.15, 0.2) is 271 Å². The number of esters is 2. The fourth-order valence-corrected chi connectivity index (χ4v) is 8.22. The molecule has 0 atom stereocenters. The van der Waals surface area contributed by atoms with E-state index in [9.17, 15) is 9.59 Å². The molecule has 0 aliphatic carbocycles. The summed E-state index contributed by atoms with van der Waals surface area (Å²) < 4.78 is 12.9. The second kappa shape index (κ2) is 24.9. The SMILES string of the molecule is O=C(Oc1ccc(Br)cc1)c1ccc(C#Cc2ccc(N(c3ccccc3)c3ccccc3)cc2)cc1.O=C(Oc1ccc(I)cc1)c1ccc(C#Cc2ccc(N(c3ccccc3)c3ccccc3)cc2)cc1. The van der Waals surface area contributed by atoms with Gasteiger partial charge in [-0.2, -0.15) is 0 Å². The van der Waals surface area contributed by atoms with Crippen molar-refractivity contribution >= 4 is 84.6 Å². The van der Waals surface area contributed by atoms with Crippen LogP contribution in [0.5, 0.6) is 11.5 Å². The molecular weight excluding hydrogens is 1090 g/mol. The van der Waals surface area contributed by atoms with Crippen LogP contribution < -0.4 is 19.3 Å². The van der Waals surface area contributed by atoms with Gasteiger partial charge in [-0.15, -0.1) is 0 Å². The van der Waals surface area contributed by atoms with Crippen molar-refractivity contribution in [3.63, 3.8) is 0 Å². The highest BCUT2D eigenvalue weighted by molar-refractivity contribution is 14.1. The van der Waals surface area contributed by atoms with Crippen LogP contribution >= 0.6 is 38.5 Å². The molecule has 0 heterocycles. The summed E-state index contributed by atoms with van der Waals surface area (Å²) in [6.07, 6.45) is 0. The molecule has 356 valence electrons. The zero-order chi connectivity index (χ0) is 50.9. The van der Waals surface area contributed by atoms with Gasteiger partial charge in [0.1, 0.15) is 11.5 Å². The lowest BCUT2D eigenvalue weighted by Gasteiger charge is -2.25. The van der Waals surface area contributed by atoms with Crippen molar-refractivity contribution in [1.29, 1.82) is 0 Å². The zero-order valence-corrected chi connectivity index (χ0v) is 43.4. The topological polar surface area (TPSA) is 59.1 Å². The lowest BCUT2D eigenvalue weighted by Crippen LogP contribution is -2.09. The van der Waals surface area contributed by atoms with Gasteiger partial charge >= 0.3 is 11.9 Å². The summed E-state index contributed by atoms with van der Waals surface area (Å²) in [5, 5.41) is 0. The monoisotopic (exact) mass is 1130 g/mol. The molecule has 6 nitrogen and oxygen atoms in total. The number of halogens is 2. The Hall–Kier alpha value is -8.93. The van der Waals surface area contributed by atoms with Crippen LogP contribution in [-0.2, 0) is 0 Å². The number of rotatable bonds is 10. The van der Waals surface area contributed by atoms with E-state index in [1.54, 1.807) is 48.5 Å². The Morgan fingerprint density at radius 2 is 0.581 bits per heavy atom. The standard InChI is InChI=1S/C33H22BrNO2.C33H22INO2/c2*34-28-19-23-32(24-20-28)37-33(36)27-17-13-25(14-18-27)11-12-26-15-21-31(22-16-26)35(29-7-3-1-4-8-29)30-9-5-2-6-10-30/h2*1-10,13-24H. The average molecular weight is 1140 g/mol. The summed E-state index contributed by atoms with van der Waals surface area (Å²) in [5.74, 6) is 13.0. The Labute approximate surface area is 453 Å². The van der Waals surface area contributed by atoms with Crippen LogP contribution in [0.2, 0.25) is 0 Å². The van der Waals surface area contributed by atoms with Crippen molar-refractivity contribution in [3.05, 3.63) is 308 Å². The fourth-order valence-electron chi connectivity index (χ4n) is 7.60. The molecule has 8 heteroatoms. The van der Waals surface area contributed by atoms with E-state index >= 15 is 0 Å². The zero-order valence-electron chi connectivity index (χ0n) is 39.7. The normalized spacial score (nSPS) is 10.2. The van der Waals surface area contributed by atoms with Gasteiger partial charge in [-0.05, 0) is 217 Å². The van der Waals surface area contributed by atoms with E-state index in [1.807, 2.05) is 146 Å². The largest absolute Gasteiger partial charge is 0.423 e. The van der Waals surface area contributed by atoms with Crippen LogP contribution in [-0.4, -0.2) is 11.9 Å². The van der Waals surface area contributed by atoms with Gasteiger partial charge < -0.3 is 19.3 Å². The Morgan fingerprint density at radius 1 is 0.324 bits per heavy atom. The molecule has 0 unspecified atom stereocenters. The first-order valence-electron chi connectivity index (χ1n) is 23.5. The van der Waals surface area contributed by atoms with E-state index in [1.165, 1.54) is 0 Å². The van der Waals surface area contributed by atoms with Crippen molar-refractivity contribution in [1.82, 2.24) is 0 Å². The maximum Gasteiger partial charge on any atom is 0.343 e. The molecule has 10 aromatic carbocycles. The average Bonchev–Trinajstić information content (AvgIpc) is 3.45. The summed E-state index contributed by atoms with van der Waals surface area (Å²) in [6, 6.07) is 86.3. The van der Waals surface area contributed by atoms with Gasteiger partial charge in [0.15, 0.2) is 0 Å². The molecule has 0 bridgehead atoms. The third kappa shape index (κ3) is 13.7. The molecule has 0 saturated heterocycles. The molecule has 0 aliphatic heterocycles. The number of hydrogen-bond donors (Lipinski definition) is 0. The Kier molecular flexibility index (Phi) is 16.9. The maximum absolute atomic E-state index is 12.4. The summed E-state index contributed by atoms with van der Waals surface area (Å²) in [7, 11) is 0. The summed E-state index contributed by atoms with van der Waals surface area (Å²) in [4.78, 5) is 29.3. The summed E-state index contributed by atoms with van der Waals surface area (Å²) in [6.45, 7) is 0. The number of nitrogens with zero attached hydrogens (tertiary/aromatic N) is 2. The molecule has 0 saturated carbocycles. The predicted octanol–water partition coefficient (Wildman–Crippen LogP) is 16.9. The summed E-state index contributed by atoms with van der Waals surface area (Å²) >= 11 is 5.58. The van der Waals surface area contributed by atoms with Crippen molar-refractivity contribution in [2.24, 2.45) is 0 Å². The molecule has 0 N–H and O–H groups in total. The van der Waals surface area contributed by atoms with E-state index in [0.29, 0.717) is 22.6 Å². The first-order chi connectivity index (χ1) is 36.3. The van der Waals surface area contributed by atoms with Crippen LogP contribution in [0.3, 0.4) is 0 Å². The first kappa shape index (κ1) is 50.0. The number of anilines is 6. The molecule has 74 heavy (non-hydrogen) atoms. The third-order valence-electron chi connectivity index (χ3n) is 11.3. The van der Waals surface area contributed by atoms with E-state index < -0.39 is 11.9 Å².